The average molecular weight is 370 g/mol. The summed E-state index contributed by atoms with van der Waals surface area (Å²) in [7, 11) is 1.53. The molecular weight excluding hydrogens is 353 g/mol. The fraction of sp³-hybridized carbons (Fsp3) is 0.0952. The number of aliphatic imine (C=N–C) groups is 1. The number of benzene rings is 3. The van der Waals surface area contributed by atoms with Gasteiger partial charge < -0.3 is 9.47 Å². The first kappa shape index (κ1) is 18.0. The Morgan fingerprint density at radius 3 is 2.50 bits per heavy atom. The molecular formula is C21H17ClFNO2. The first-order valence-corrected chi connectivity index (χ1v) is 8.38. The van der Waals surface area contributed by atoms with Gasteiger partial charge in [-0.05, 0) is 35.9 Å². The first-order chi connectivity index (χ1) is 12.7. The van der Waals surface area contributed by atoms with Gasteiger partial charge in [-0.2, -0.15) is 0 Å². The SMILES string of the molecule is COc1cc(C=Nc2ccccc2)cc(Cl)c1OCc1ccccc1F. The van der Waals surface area contributed by atoms with E-state index in [2.05, 4.69) is 4.99 Å². The van der Waals surface area contributed by atoms with Crippen LogP contribution in [0.3, 0.4) is 0 Å². The fourth-order valence-electron chi connectivity index (χ4n) is 2.38. The van der Waals surface area contributed by atoms with Crippen molar-refractivity contribution in [3.05, 3.63) is 88.7 Å². The lowest BCUT2D eigenvalue weighted by atomic mass is 10.2. The second-order valence-electron chi connectivity index (χ2n) is 5.51. The molecule has 3 rings (SSSR count). The van der Waals surface area contributed by atoms with Gasteiger partial charge in [-0.1, -0.05) is 48.0 Å². The average Bonchev–Trinajstić information content (AvgIpc) is 2.67. The zero-order chi connectivity index (χ0) is 18.4. The topological polar surface area (TPSA) is 30.8 Å². The van der Waals surface area contributed by atoms with Crippen LogP contribution in [-0.2, 0) is 6.61 Å². The van der Waals surface area contributed by atoms with Crippen LogP contribution in [0.1, 0.15) is 11.1 Å². The molecule has 0 heterocycles. The van der Waals surface area contributed by atoms with E-state index >= 15 is 0 Å². The number of hydrogen-bond acceptors (Lipinski definition) is 3. The Morgan fingerprint density at radius 1 is 1.04 bits per heavy atom. The predicted octanol–water partition coefficient (Wildman–Crippen LogP) is 5.82. The summed E-state index contributed by atoms with van der Waals surface area (Å²) in [5.41, 5.74) is 2.05. The molecule has 0 aliphatic carbocycles. The Bertz CT molecular complexity index is 913. The molecule has 0 spiro atoms. The van der Waals surface area contributed by atoms with Gasteiger partial charge >= 0.3 is 0 Å². The predicted molar refractivity (Wildman–Crippen MR) is 102 cm³/mol. The minimum absolute atomic E-state index is 0.0558. The van der Waals surface area contributed by atoms with Crippen LogP contribution >= 0.6 is 11.6 Å². The van der Waals surface area contributed by atoms with E-state index in [4.69, 9.17) is 21.1 Å². The van der Waals surface area contributed by atoms with Crippen LogP contribution in [0.25, 0.3) is 0 Å². The van der Waals surface area contributed by atoms with Crippen LogP contribution in [0.5, 0.6) is 11.5 Å². The van der Waals surface area contributed by atoms with E-state index in [9.17, 15) is 4.39 Å². The Morgan fingerprint density at radius 2 is 1.77 bits per heavy atom. The number of ether oxygens (including phenoxy) is 2. The number of para-hydroxylation sites is 1. The van der Waals surface area contributed by atoms with E-state index in [0.717, 1.165) is 11.3 Å². The Hall–Kier alpha value is -2.85. The van der Waals surface area contributed by atoms with E-state index < -0.39 is 0 Å². The molecule has 0 atom stereocenters. The van der Waals surface area contributed by atoms with Crippen molar-refractivity contribution in [2.24, 2.45) is 4.99 Å². The van der Waals surface area contributed by atoms with Gasteiger partial charge in [-0.3, -0.25) is 4.99 Å². The van der Waals surface area contributed by atoms with Gasteiger partial charge in [0.1, 0.15) is 12.4 Å². The molecule has 0 saturated carbocycles. The van der Waals surface area contributed by atoms with Gasteiger partial charge in [-0.15, -0.1) is 0 Å². The number of hydrogen-bond donors (Lipinski definition) is 0. The normalized spacial score (nSPS) is 10.9. The summed E-state index contributed by atoms with van der Waals surface area (Å²) in [6.07, 6.45) is 1.70. The molecule has 0 fully saturated rings. The van der Waals surface area contributed by atoms with Crippen LogP contribution in [-0.4, -0.2) is 13.3 Å². The molecule has 0 unspecified atom stereocenters. The van der Waals surface area contributed by atoms with Crippen molar-refractivity contribution in [3.8, 4) is 11.5 Å². The third kappa shape index (κ3) is 4.41. The molecule has 0 aliphatic rings. The van der Waals surface area contributed by atoms with E-state index in [1.165, 1.54) is 13.2 Å². The molecule has 0 N–H and O–H groups in total. The zero-order valence-corrected chi connectivity index (χ0v) is 14.9. The molecule has 3 nitrogen and oxygen atoms in total. The lowest BCUT2D eigenvalue weighted by Crippen LogP contribution is -2.01. The minimum atomic E-state index is -0.325. The Kier molecular flexibility index (Phi) is 5.87. The van der Waals surface area contributed by atoms with Crippen molar-refractivity contribution in [2.45, 2.75) is 6.61 Å². The van der Waals surface area contributed by atoms with E-state index in [-0.39, 0.29) is 12.4 Å². The summed E-state index contributed by atoms with van der Waals surface area (Å²) in [5.74, 6) is 0.506. The number of rotatable bonds is 6. The molecule has 0 saturated heterocycles. The highest BCUT2D eigenvalue weighted by Gasteiger charge is 2.13. The van der Waals surface area contributed by atoms with Crippen molar-refractivity contribution in [3.63, 3.8) is 0 Å². The van der Waals surface area contributed by atoms with Gasteiger partial charge in [0.25, 0.3) is 0 Å². The molecule has 0 aromatic heterocycles. The van der Waals surface area contributed by atoms with Gasteiger partial charge in [0.15, 0.2) is 11.5 Å². The molecule has 132 valence electrons. The Labute approximate surface area is 156 Å². The van der Waals surface area contributed by atoms with Crippen LogP contribution in [0.4, 0.5) is 10.1 Å². The maximum atomic E-state index is 13.7. The van der Waals surface area contributed by atoms with Crippen LogP contribution < -0.4 is 9.47 Å². The molecule has 0 bridgehead atoms. The maximum Gasteiger partial charge on any atom is 0.180 e. The zero-order valence-electron chi connectivity index (χ0n) is 14.2. The summed E-state index contributed by atoms with van der Waals surface area (Å²) < 4.78 is 24.8. The highest BCUT2D eigenvalue weighted by atomic mass is 35.5. The van der Waals surface area contributed by atoms with Crippen LogP contribution in [0.15, 0.2) is 71.7 Å². The van der Waals surface area contributed by atoms with Crippen molar-refractivity contribution >= 4 is 23.5 Å². The van der Waals surface area contributed by atoms with E-state index in [0.29, 0.717) is 22.1 Å². The summed E-state index contributed by atoms with van der Waals surface area (Å²) in [5, 5.41) is 0.371. The summed E-state index contributed by atoms with van der Waals surface area (Å²) in [6, 6.07) is 19.5. The number of methoxy groups -OCH3 is 1. The summed E-state index contributed by atoms with van der Waals surface area (Å²) >= 11 is 6.34. The summed E-state index contributed by atoms with van der Waals surface area (Å²) in [6.45, 7) is 0.0558. The number of halogens is 2. The van der Waals surface area contributed by atoms with Crippen molar-refractivity contribution in [1.82, 2.24) is 0 Å². The fourth-order valence-corrected chi connectivity index (χ4v) is 2.66. The Balaban J connectivity index is 1.81. The van der Waals surface area contributed by atoms with Gasteiger partial charge in [0.05, 0.1) is 17.8 Å². The molecule has 5 heteroatoms. The van der Waals surface area contributed by atoms with E-state index in [1.54, 1.807) is 36.5 Å². The van der Waals surface area contributed by atoms with Gasteiger partial charge in [0, 0.05) is 11.8 Å². The number of nitrogens with zero attached hydrogens (tertiary/aromatic N) is 1. The molecule has 3 aromatic carbocycles. The highest BCUT2D eigenvalue weighted by Crippen LogP contribution is 2.36. The largest absolute Gasteiger partial charge is 0.493 e. The van der Waals surface area contributed by atoms with Crippen molar-refractivity contribution < 1.29 is 13.9 Å². The van der Waals surface area contributed by atoms with Crippen LogP contribution in [0.2, 0.25) is 5.02 Å². The standard InChI is InChI=1S/C21H17ClFNO2/c1-25-20-12-15(13-24-17-8-3-2-4-9-17)11-18(22)21(20)26-14-16-7-5-6-10-19(16)23/h2-13H,14H2,1H3. The quantitative estimate of drug-likeness (QED) is 0.513. The van der Waals surface area contributed by atoms with Gasteiger partial charge in [-0.25, -0.2) is 4.39 Å². The molecule has 26 heavy (non-hydrogen) atoms. The van der Waals surface area contributed by atoms with Crippen molar-refractivity contribution in [1.29, 1.82) is 0 Å². The second kappa shape index (κ2) is 8.50. The molecule has 0 amide bonds. The van der Waals surface area contributed by atoms with Crippen molar-refractivity contribution in [2.75, 3.05) is 7.11 Å². The van der Waals surface area contributed by atoms with Crippen LogP contribution in [0, 0.1) is 5.82 Å². The third-order valence-electron chi connectivity index (χ3n) is 3.70. The monoisotopic (exact) mass is 369 g/mol. The molecule has 3 aromatic rings. The minimum Gasteiger partial charge on any atom is -0.493 e. The molecule has 0 radical (unpaired) electrons. The highest BCUT2D eigenvalue weighted by molar-refractivity contribution is 6.32. The maximum absolute atomic E-state index is 13.7. The van der Waals surface area contributed by atoms with E-state index in [1.807, 2.05) is 30.3 Å². The smallest absolute Gasteiger partial charge is 0.180 e. The summed E-state index contributed by atoms with van der Waals surface area (Å²) in [4.78, 5) is 4.40. The molecule has 0 aliphatic heterocycles. The lowest BCUT2D eigenvalue weighted by Gasteiger charge is -2.13. The van der Waals surface area contributed by atoms with Gasteiger partial charge in [0.2, 0.25) is 0 Å². The second-order valence-corrected chi connectivity index (χ2v) is 5.92. The third-order valence-corrected chi connectivity index (χ3v) is 3.98. The first-order valence-electron chi connectivity index (χ1n) is 8.00. The lowest BCUT2D eigenvalue weighted by molar-refractivity contribution is 0.280.